The predicted octanol–water partition coefficient (Wildman–Crippen LogP) is 2.09. The van der Waals surface area contributed by atoms with Crippen LogP contribution in [-0.2, 0) is 16.6 Å². The third-order valence-corrected chi connectivity index (χ3v) is 4.67. The van der Waals surface area contributed by atoms with Crippen molar-refractivity contribution < 1.29 is 13.3 Å². The van der Waals surface area contributed by atoms with Crippen molar-refractivity contribution in [1.29, 1.82) is 0 Å². The second kappa shape index (κ2) is 6.20. The minimum absolute atomic E-state index is 0.0178. The molecule has 0 aliphatic rings. The number of nitrogens with zero attached hydrogens (tertiary/aromatic N) is 2. The van der Waals surface area contributed by atoms with Crippen molar-refractivity contribution in [2.75, 3.05) is 0 Å². The average Bonchev–Trinajstić information content (AvgIpc) is 2.48. The van der Waals surface area contributed by atoms with Gasteiger partial charge in [0.25, 0.3) is 5.69 Å². The number of hydrogen-bond acceptors (Lipinski definition) is 5. The molecule has 0 bridgehead atoms. The van der Waals surface area contributed by atoms with Crippen LogP contribution in [0.4, 0.5) is 5.69 Å². The lowest BCUT2D eigenvalue weighted by atomic mass is 10.1. The van der Waals surface area contributed by atoms with Gasteiger partial charge in [-0.15, -0.1) is 0 Å². The second-order valence-corrected chi connectivity index (χ2v) is 6.55. The van der Waals surface area contributed by atoms with Crippen LogP contribution in [0, 0.1) is 24.0 Å². The molecule has 1 N–H and O–H groups in total. The van der Waals surface area contributed by atoms with Gasteiger partial charge >= 0.3 is 0 Å². The van der Waals surface area contributed by atoms with E-state index in [1.807, 2.05) is 0 Å². The molecule has 0 radical (unpaired) electrons. The summed E-state index contributed by atoms with van der Waals surface area (Å²) in [6, 6.07) is 7.65. The highest BCUT2D eigenvalue weighted by molar-refractivity contribution is 7.89. The normalized spacial score (nSPS) is 11.4. The van der Waals surface area contributed by atoms with E-state index >= 15 is 0 Å². The van der Waals surface area contributed by atoms with Crippen molar-refractivity contribution in [2.24, 2.45) is 0 Å². The van der Waals surface area contributed by atoms with E-state index in [0.29, 0.717) is 16.8 Å². The molecular formula is C14H15N3O4S. The van der Waals surface area contributed by atoms with Crippen molar-refractivity contribution in [3.05, 3.63) is 63.5 Å². The highest BCUT2D eigenvalue weighted by Gasteiger charge is 2.21. The molecule has 22 heavy (non-hydrogen) atoms. The first-order valence-corrected chi connectivity index (χ1v) is 7.95. The van der Waals surface area contributed by atoms with Gasteiger partial charge in [0.1, 0.15) is 0 Å². The minimum atomic E-state index is -3.85. The fourth-order valence-electron chi connectivity index (χ4n) is 1.91. The Balaban J connectivity index is 2.32. The summed E-state index contributed by atoms with van der Waals surface area (Å²) in [7, 11) is -3.85. The number of nitro benzene ring substituents is 1. The molecule has 0 spiro atoms. The first-order chi connectivity index (χ1) is 10.3. The molecule has 7 nitrogen and oxygen atoms in total. The summed E-state index contributed by atoms with van der Waals surface area (Å²) >= 11 is 0. The van der Waals surface area contributed by atoms with Crippen molar-refractivity contribution >= 4 is 15.7 Å². The lowest BCUT2D eigenvalue weighted by Gasteiger charge is -2.09. The maximum absolute atomic E-state index is 12.3. The van der Waals surface area contributed by atoms with Gasteiger partial charge in [0.15, 0.2) is 0 Å². The van der Waals surface area contributed by atoms with Crippen molar-refractivity contribution in [3.63, 3.8) is 0 Å². The molecule has 1 aromatic carbocycles. The van der Waals surface area contributed by atoms with E-state index in [-0.39, 0.29) is 17.1 Å². The van der Waals surface area contributed by atoms with Crippen LogP contribution in [0.1, 0.15) is 16.8 Å². The van der Waals surface area contributed by atoms with Crippen LogP contribution >= 0.6 is 0 Å². The Morgan fingerprint density at radius 1 is 1.27 bits per heavy atom. The maximum Gasteiger partial charge on any atom is 0.273 e. The van der Waals surface area contributed by atoms with Crippen LogP contribution in [0.25, 0.3) is 0 Å². The molecule has 0 amide bonds. The zero-order valence-corrected chi connectivity index (χ0v) is 12.9. The third kappa shape index (κ3) is 3.46. The largest absolute Gasteiger partial charge is 0.273 e. The molecule has 116 valence electrons. The number of nitro groups is 1. The number of rotatable bonds is 5. The van der Waals surface area contributed by atoms with Gasteiger partial charge in [0.05, 0.1) is 22.1 Å². The van der Waals surface area contributed by atoms with Crippen LogP contribution in [-0.4, -0.2) is 18.3 Å². The van der Waals surface area contributed by atoms with Crippen LogP contribution < -0.4 is 4.72 Å². The number of sulfonamides is 1. The summed E-state index contributed by atoms with van der Waals surface area (Å²) in [5.41, 5.74) is 1.35. The summed E-state index contributed by atoms with van der Waals surface area (Å²) in [6.45, 7) is 3.25. The number of pyridine rings is 1. The van der Waals surface area contributed by atoms with Gasteiger partial charge in [-0.2, -0.15) is 0 Å². The standard InChI is InChI=1S/C14H15N3O4S/c1-10-7-13(8-14(11(10)2)17(18)19)22(20,21)16-9-12-5-3-4-6-15-12/h3-8,16H,9H2,1-2H3. The molecule has 1 aromatic heterocycles. The van der Waals surface area contributed by atoms with Crippen molar-refractivity contribution in [1.82, 2.24) is 9.71 Å². The van der Waals surface area contributed by atoms with Gasteiger partial charge in [-0.1, -0.05) is 6.07 Å². The van der Waals surface area contributed by atoms with E-state index in [2.05, 4.69) is 9.71 Å². The molecule has 8 heteroatoms. The Morgan fingerprint density at radius 3 is 2.59 bits per heavy atom. The molecule has 0 aliphatic heterocycles. The topological polar surface area (TPSA) is 102 Å². The summed E-state index contributed by atoms with van der Waals surface area (Å²) in [6.07, 6.45) is 1.56. The SMILES string of the molecule is Cc1cc(S(=O)(=O)NCc2ccccn2)cc([N+](=O)[O-])c1C. The Labute approximate surface area is 128 Å². The summed E-state index contributed by atoms with van der Waals surface area (Å²) in [4.78, 5) is 14.3. The zero-order chi connectivity index (χ0) is 16.3. The number of hydrogen-bond donors (Lipinski definition) is 1. The van der Waals surface area contributed by atoms with Crippen LogP contribution in [0.2, 0.25) is 0 Å². The molecule has 0 unspecified atom stereocenters. The maximum atomic E-state index is 12.3. The third-order valence-electron chi connectivity index (χ3n) is 3.29. The zero-order valence-electron chi connectivity index (χ0n) is 12.1. The molecule has 1 heterocycles. The van der Waals surface area contributed by atoms with Gasteiger partial charge in [-0.25, -0.2) is 13.1 Å². The molecule has 2 aromatic rings. The van der Waals surface area contributed by atoms with E-state index in [1.165, 1.54) is 6.07 Å². The fraction of sp³-hybridized carbons (Fsp3) is 0.214. The molecule has 0 atom stereocenters. The molecule has 0 aliphatic carbocycles. The quantitative estimate of drug-likeness (QED) is 0.671. The Bertz CT molecular complexity index is 804. The van der Waals surface area contributed by atoms with Gasteiger partial charge in [-0.05, 0) is 37.6 Å². The van der Waals surface area contributed by atoms with Gasteiger partial charge < -0.3 is 0 Å². The van der Waals surface area contributed by atoms with Gasteiger partial charge in [0.2, 0.25) is 10.0 Å². The molecule has 0 fully saturated rings. The highest BCUT2D eigenvalue weighted by Crippen LogP contribution is 2.25. The van der Waals surface area contributed by atoms with Gasteiger partial charge in [-0.3, -0.25) is 15.1 Å². The first-order valence-electron chi connectivity index (χ1n) is 6.46. The summed E-state index contributed by atoms with van der Waals surface area (Å²) in [5.74, 6) is 0. The highest BCUT2D eigenvalue weighted by atomic mass is 32.2. The monoisotopic (exact) mass is 321 g/mol. The van der Waals surface area contributed by atoms with Crippen molar-refractivity contribution in [3.8, 4) is 0 Å². The summed E-state index contributed by atoms with van der Waals surface area (Å²) in [5, 5.41) is 11.0. The number of aryl methyl sites for hydroxylation is 1. The van der Waals surface area contributed by atoms with Gasteiger partial charge in [0, 0.05) is 17.8 Å². The van der Waals surface area contributed by atoms with E-state index < -0.39 is 14.9 Å². The lowest BCUT2D eigenvalue weighted by Crippen LogP contribution is -2.24. The molecule has 0 saturated heterocycles. The first kappa shape index (κ1) is 16.1. The summed E-state index contributed by atoms with van der Waals surface area (Å²) < 4.78 is 27.0. The predicted molar refractivity (Wildman–Crippen MR) is 80.8 cm³/mol. The molecule has 0 saturated carbocycles. The molecular weight excluding hydrogens is 306 g/mol. The molecule has 2 rings (SSSR count). The number of nitrogens with one attached hydrogen (secondary N) is 1. The van der Waals surface area contributed by atoms with Crippen LogP contribution in [0.3, 0.4) is 0 Å². The minimum Gasteiger partial charge on any atom is -0.260 e. The van der Waals surface area contributed by atoms with Crippen molar-refractivity contribution in [2.45, 2.75) is 25.3 Å². The Morgan fingerprint density at radius 2 is 2.00 bits per heavy atom. The van der Waals surface area contributed by atoms with Crippen LogP contribution in [0.5, 0.6) is 0 Å². The number of aromatic nitrogens is 1. The number of benzene rings is 1. The average molecular weight is 321 g/mol. The van der Waals surface area contributed by atoms with E-state index in [1.54, 1.807) is 38.2 Å². The smallest absolute Gasteiger partial charge is 0.260 e. The van der Waals surface area contributed by atoms with Crippen LogP contribution in [0.15, 0.2) is 41.4 Å². The lowest BCUT2D eigenvalue weighted by molar-refractivity contribution is -0.385. The van der Waals surface area contributed by atoms with E-state index in [4.69, 9.17) is 0 Å². The van der Waals surface area contributed by atoms with E-state index in [9.17, 15) is 18.5 Å². The Hall–Kier alpha value is -2.32. The second-order valence-electron chi connectivity index (χ2n) is 4.79. The van der Waals surface area contributed by atoms with E-state index in [0.717, 1.165) is 6.07 Å². The Kier molecular flexibility index (Phi) is 4.53. The fourth-order valence-corrected chi connectivity index (χ4v) is 3.01.